The second-order valence-corrected chi connectivity index (χ2v) is 8.66. The quantitative estimate of drug-likeness (QED) is 0.829. The summed E-state index contributed by atoms with van der Waals surface area (Å²) in [5.74, 6) is -1.40. The van der Waals surface area contributed by atoms with Crippen molar-refractivity contribution >= 4 is 10.0 Å². The number of rotatable bonds is 5. The summed E-state index contributed by atoms with van der Waals surface area (Å²) in [5, 5.41) is 0. The summed E-state index contributed by atoms with van der Waals surface area (Å²) in [4.78, 5) is 1.03. The second kappa shape index (κ2) is 7.92. The molecule has 0 saturated carbocycles. The Morgan fingerprint density at radius 1 is 1.07 bits per heavy atom. The zero-order valence-corrected chi connectivity index (χ0v) is 16.2. The van der Waals surface area contributed by atoms with E-state index in [9.17, 15) is 17.2 Å². The fourth-order valence-electron chi connectivity index (χ4n) is 3.32. The van der Waals surface area contributed by atoms with Crippen molar-refractivity contribution in [3.63, 3.8) is 0 Å². The predicted molar refractivity (Wildman–Crippen MR) is 97.2 cm³/mol. The van der Waals surface area contributed by atoms with Crippen molar-refractivity contribution in [2.45, 2.75) is 18.4 Å². The van der Waals surface area contributed by atoms with Gasteiger partial charge in [0.05, 0.1) is 38.2 Å². The van der Waals surface area contributed by atoms with Gasteiger partial charge in [0.2, 0.25) is 10.0 Å². The summed E-state index contributed by atoms with van der Waals surface area (Å²) in [6, 6.07) is 8.69. The molecule has 1 fully saturated rings. The molecule has 0 aromatic heterocycles. The van der Waals surface area contributed by atoms with E-state index in [1.165, 1.54) is 9.21 Å². The summed E-state index contributed by atoms with van der Waals surface area (Å²) in [7, 11) is -2.19. The Kier molecular flexibility index (Phi) is 5.78. The van der Waals surface area contributed by atoms with Gasteiger partial charge in [0.15, 0.2) is 11.6 Å². The summed E-state index contributed by atoms with van der Waals surface area (Å²) >= 11 is 0. The van der Waals surface area contributed by atoms with E-state index in [0.29, 0.717) is 26.2 Å². The second-order valence-electron chi connectivity index (χ2n) is 6.72. The molecular weight excluding hydrogens is 374 g/mol. The maximum Gasteiger partial charge on any atom is 0.243 e. The molecule has 1 heterocycles. The van der Waals surface area contributed by atoms with Crippen molar-refractivity contribution in [3.8, 4) is 5.75 Å². The van der Waals surface area contributed by atoms with Crippen LogP contribution >= 0.6 is 0 Å². The third kappa shape index (κ3) is 4.28. The van der Waals surface area contributed by atoms with Gasteiger partial charge in [-0.1, -0.05) is 11.6 Å². The highest BCUT2D eigenvalue weighted by atomic mass is 32.2. The molecule has 146 valence electrons. The topological polar surface area (TPSA) is 51.1 Å². The van der Waals surface area contributed by atoms with Gasteiger partial charge in [0, 0.05) is 5.56 Å². The first kappa shape index (κ1) is 19.7. The molecule has 0 bridgehead atoms. The van der Waals surface area contributed by atoms with Crippen molar-refractivity contribution in [1.29, 1.82) is 0 Å². The largest absolute Gasteiger partial charge is 0.496 e. The Morgan fingerprint density at radius 2 is 1.78 bits per heavy atom. The number of halogens is 2. The maximum atomic E-state index is 13.4. The van der Waals surface area contributed by atoms with Crippen LogP contribution in [-0.4, -0.2) is 46.0 Å². The minimum atomic E-state index is -3.83. The summed E-state index contributed by atoms with van der Waals surface area (Å²) < 4.78 is 58.6. The Balaban J connectivity index is 1.68. The van der Waals surface area contributed by atoms with Gasteiger partial charge in [-0.2, -0.15) is 4.31 Å². The van der Waals surface area contributed by atoms with Crippen LogP contribution in [0.25, 0.3) is 0 Å². The summed E-state index contributed by atoms with van der Waals surface area (Å²) in [6.45, 7) is 4.66. The highest BCUT2D eigenvalue weighted by Gasteiger charge is 2.31. The minimum absolute atomic E-state index is 0.217. The highest BCUT2D eigenvalue weighted by molar-refractivity contribution is 7.89. The van der Waals surface area contributed by atoms with E-state index in [4.69, 9.17) is 4.74 Å². The number of hydrogen-bond donors (Lipinski definition) is 1. The van der Waals surface area contributed by atoms with Gasteiger partial charge < -0.3 is 9.64 Å². The average Bonchev–Trinajstić information content (AvgIpc) is 2.64. The van der Waals surface area contributed by atoms with Gasteiger partial charge in [-0.25, -0.2) is 17.2 Å². The van der Waals surface area contributed by atoms with Crippen LogP contribution in [0.1, 0.15) is 11.1 Å². The number of nitrogens with one attached hydrogen (secondary N) is 1. The van der Waals surface area contributed by atoms with Crippen LogP contribution in [0, 0.1) is 18.6 Å². The fourth-order valence-corrected chi connectivity index (χ4v) is 4.77. The van der Waals surface area contributed by atoms with Gasteiger partial charge in [-0.15, -0.1) is 0 Å². The van der Waals surface area contributed by atoms with Crippen LogP contribution < -0.4 is 9.64 Å². The number of benzene rings is 2. The Bertz CT molecular complexity index is 927. The van der Waals surface area contributed by atoms with Crippen molar-refractivity contribution in [2.75, 3.05) is 33.3 Å². The molecule has 8 heteroatoms. The van der Waals surface area contributed by atoms with E-state index in [0.717, 1.165) is 41.6 Å². The Hall–Kier alpha value is -2.03. The number of hydrogen-bond acceptors (Lipinski definition) is 3. The first-order valence-corrected chi connectivity index (χ1v) is 10.2. The molecule has 0 aliphatic carbocycles. The first-order valence-electron chi connectivity index (χ1n) is 8.73. The maximum absolute atomic E-state index is 13.4. The van der Waals surface area contributed by atoms with E-state index in [2.05, 4.69) is 6.07 Å². The first-order chi connectivity index (χ1) is 12.8. The Morgan fingerprint density at radius 3 is 2.41 bits per heavy atom. The molecule has 0 unspecified atom stereocenters. The van der Waals surface area contributed by atoms with E-state index >= 15 is 0 Å². The summed E-state index contributed by atoms with van der Waals surface area (Å²) in [5.41, 5.74) is 2.23. The minimum Gasteiger partial charge on any atom is -0.496 e. The Labute approximate surface area is 158 Å². The number of sulfonamides is 1. The molecule has 27 heavy (non-hydrogen) atoms. The number of ether oxygens (including phenoxy) is 1. The van der Waals surface area contributed by atoms with Crippen LogP contribution in [0.4, 0.5) is 8.78 Å². The fraction of sp³-hybridized carbons (Fsp3) is 0.368. The van der Waals surface area contributed by atoms with Crippen LogP contribution in [0.3, 0.4) is 0 Å². The zero-order chi connectivity index (χ0) is 19.6. The molecule has 2 aromatic carbocycles. The molecule has 0 atom stereocenters. The molecule has 1 aliphatic rings. The molecule has 1 N–H and O–H groups in total. The average molecular weight is 397 g/mol. The van der Waals surface area contributed by atoms with Crippen LogP contribution in [-0.2, 0) is 16.6 Å². The molecule has 0 spiro atoms. The van der Waals surface area contributed by atoms with Crippen LogP contribution in [0.15, 0.2) is 41.3 Å². The number of piperazine rings is 1. The third-order valence-corrected chi connectivity index (χ3v) is 6.73. The zero-order valence-electron chi connectivity index (χ0n) is 15.3. The number of methoxy groups -OCH3 is 1. The third-order valence-electron chi connectivity index (χ3n) is 4.83. The lowest BCUT2D eigenvalue weighted by Crippen LogP contribution is -3.13. The monoisotopic (exact) mass is 397 g/mol. The molecule has 2 aromatic rings. The number of quaternary nitrogens is 1. The lowest BCUT2D eigenvalue weighted by molar-refractivity contribution is -0.917. The van der Waals surface area contributed by atoms with Crippen molar-refractivity contribution in [3.05, 3.63) is 59.2 Å². The molecule has 3 rings (SSSR count). The lowest BCUT2D eigenvalue weighted by atomic mass is 10.1. The number of aryl methyl sites for hydroxylation is 1. The molecule has 1 saturated heterocycles. The van der Waals surface area contributed by atoms with Gasteiger partial charge >= 0.3 is 0 Å². The molecule has 5 nitrogen and oxygen atoms in total. The van der Waals surface area contributed by atoms with E-state index in [1.807, 2.05) is 19.1 Å². The SMILES string of the molecule is COc1ccc(C)cc1C[NH+]1CCN(S(=O)(=O)c2ccc(F)c(F)c2)CC1. The summed E-state index contributed by atoms with van der Waals surface area (Å²) in [6.07, 6.45) is 0. The molecule has 0 radical (unpaired) electrons. The van der Waals surface area contributed by atoms with E-state index in [1.54, 1.807) is 7.11 Å². The molecule has 0 amide bonds. The van der Waals surface area contributed by atoms with E-state index in [-0.39, 0.29) is 4.90 Å². The van der Waals surface area contributed by atoms with E-state index < -0.39 is 21.7 Å². The van der Waals surface area contributed by atoms with Gasteiger partial charge in [0.25, 0.3) is 0 Å². The van der Waals surface area contributed by atoms with Crippen LogP contribution in [0.2, 0.25) is 0 Å². The normalized spacial score (nSPS) is 16.4. The standard InChI is InChI=1S/C19H22F2N2O3S/c1-14-3-6-19(26-2)15(11-14)13-22-7-9-23(10-8-22)27(24,25)16-4-5-17(20)18(21)12-16/h3-6,11-12H,7-10,13H2,1-2H3/p+1. The molecular formula is C19H23F2N2O3S+. The number of nitrogens with zero attached hydrogens (tertiary/aromatic N) is 1. The van der Waals surface area contributed by atoms with Gasteiger partial charge in [0.1, 0.15) is 12.3 Å². The van der Waals surface area contributed by atoms with Crippen molar-refractivity contribution in [1.82, 2.24) is 4.31 Å². The van der Waals surface area contributed by atoms with Gasteiger partial charge in [-0.05, 0) is 37.3 Å². The van der Waals surface area contributed by atoms with Crippen LogP contribution in [0.5, 0.6) is 5.75 Å². The predicted octanol–water partition coefficient (Wildman–Crippen LogP) is 1.37. The lowest BCUT2D eigenvalue weighted by Gasteiger charge is -2.31. The highest BCUT2D eigenvalue weighted by Crippen LogP contribution is 2.20. The van der Waals surface area contributed by atoms with Gasteiger partial charge in [-0.3, -0.25) is 0 Å². The van der Waals surface area contributed by atoms with Crippen molar-refractivity contribution < 1.29 is 26.8 Å². The smallest absolute Gasteiger partial charge is 0.243 e. The van der Waals surface area contributed by atoms with Crippen molar-refractivity contribution in [2.24, 2.45) is 0 Å². The molecule has 1 aliphatic heterocycles.